The van der Waals surface area contributed by atoms with Crippen LogP contribution in [0.2, 0.25) is 0 Å². The van der Waals surface area contributed by atoms with E-state index >= 15 is 0 Å². The molecule has 0 aromatic heterocycles. The highest BCUT2D eigenvalue weighted by molar-refractivity contribution is 7.89. The van der Waals surface area contributed by atoms with Gasteiger partial charge in [-0.2, -0.15) is 4.31 Å². The number of Topliss-reactive ketones (excluding diaryl/α,β-unsaturated/α-hetero) is 1. The quantitative estimate of drug-likeness (QED) is 0.669. The predicted octanol–water partition coefficient (Wildman–Crippen LogP) is 0.556. The first-order valence-electron chi connectivity index (χ1n) is 9.26. The van der Waals surface area contributed by atoms with Gasteiger partial charge >= 0.3 is 0 Å². The number of carbonyl (C=O) groups is 2. The van der Waals surface area contributed by atoms with Crippen molar-refractivity contribution in [3.8, 4) is 0 Å². The fourth-order valence-corrected chi connectivity index (χ4v) is 4.69. The van der Waals surface area contributed by atoms with Crippen LogP contribution in [0.25, 0.3) is 0 Å². The number of anilines is 1. The third-order valence-electron chi connectivity index (χ3n) is 4.85. The second-order valence-electron chi connectivity index (χ2n) is 6.97. The largest absolute Gasteiger partial charge is 0.325 e. The van der Waals surface area contributed by atoms with Crippen LogP contribution in [0.5, 0.6) is 0 Å². The molecule has 1 fully saturated rings. The van der Waals surface area contributed by atoms with E-state index in [1.54, 1.807) is 24.3 Å². The third-order valence-corrected chi connectivity index (χ3v) is 6.74. The summed E-state index contributed by atoms with van der Waals surface area (Å²) < 4.78 is 39.9. The summed E-state index contributed by atoms with van der Waals surface area (Å²) in [6.07, 6.45) is 0. The first-order chi connectivity index (χ1) is 13.8. The Morgan fingerprint density at radius 1 is 1.10 bits per heavy atom. The first-order valence-corrected chi connectivity index (χ1v) is 10.7. The third kappa shape index (κ3) is 5.26. The van der Waals surface area contributed by atoms with Crippen molar-refractivity contribution in [2.75, 3.05) is 38.0 Å². The van der Waals surface area contributed by atoms with Crippen molar-refractivity contribution in [3.05, 3.63) is 59.9 Å². The van der Waals surface area contributed by atoms with Gasteiger partial charge in [-0.1, -0.05) is 6.07 Å². The van der Waals surface area contributed by atoms with E-state index in [9.17, 15) is 22.4 Å². The summed E-state index contributed by atoms with van der Waals surface area (Å²) in [5, 5.41) is 2.78. The van der Waals surface area contributed by atoms with Gasteiger partial charge in [-0.15, -0.1) is 0 Å². The molecule has 3 rings (SSSR count). The van der Waals surface area contributed by atoms with E-state index in [2.05, 4.69) is 5.32 Å². The van der Waals surface area contributed by atoms with Crippen molar-refractivity contribution >= 4 is 27.4 Å². The molecule has 1 heterocycles. The molecule has 7 nitrogen and oxygen atoms in total. The van der Waals surface area contributed by atoms with Crippen LogP contribution in [0.4, 0.5) is 10.1 Å². The average Bonchev–Trinajstić information content (AvgIpc) is 2.68. The minimum absolute atomic E-state index is 0.0432. The number of piperazine rings is 1. The number of sulfonamides is 1. The molecule has 1 aliphatic heterocycles. The molecule has 9 heteroatoms. The number of hydrogen-bond donors (Lipinski definition) is 2. The number of nitrogens with zero attached hydrogens (tertiary/aromatic N) is 1. The zero-order valence-corrected chi connectivity index (χ0v) is 16.8. The first kappa shape index (κ1) is 21.1. The van der Waals surface area contributed by atoms with Crippen LogP contribution in [-0.2, 0) is 14.8 Å². The Labute approximate surface area is 169 Å². The molecule has 2 N–H and O–H groups in total. The standard InChI is InChI=1S/C20H22FN3O4S/c1-15(25)16-5-7-18(8-6-16)22-20(26)14-23-9-11-24(12-10-23)29(27,28)19-4-2-3-17(21)13-19/h2-8,13H,9-12,14H2,1H3,(H,22,26)/p+1. The van der Waals surface area contributed by atoms with Crippen LogP contribution in [0.3, 0.4) is 0 Å². The molecule has 0 atom stereocenters. The number of rotatable bonds is 6. The Hall–Kier alpha value is -2.62. The highest BCUT2D eigenvalue weighted by atomic mass is 32.2. The number of benzene rings is 2. The number of nitrogens with one attached hydrogen (secondary N) is 2. The Morgan fingerprint density at radius 3 is 2.34 bits per heavy atom. The van der Waals surface area contributed by atoms with Gasteiger partial charge in [0.05, 0.1) is 31.1 Å². The number of halogens is 1. The lowest BCUT2D eigenvalue weighted by Crippen LogP contribution is -3.15. The van der Waals surface area contributed by atoms with Crippen molar-refractivity contribution in [3.63, 3.8) is 0 Å². The van der Waals surface area contributed by atoms with E-state index in [1.807, 2.05) is 0 Å². The highest BCUT2D eigenvalue weighted by Gasteiger charge is 2.31. The Bertz CT molecular complexity index is 1000. The van der Waals surface area contributed by atoms with Crippen molar-refractivity contribution in [2.24, 2.45) is 0 Å². The maximum Gasteiger partial charge on any atom is 0.279 e. The van der Waals surface area contributed by atoms with Crippen molar-refractivity contribution in [1.82, 2.24) is 4.31 Å². The van der Waals surface area contributed by atoms with Crippen molar-refractivity contribution in [2.45, 2.75) is 11.8 Å². The fraction of sp³-hybridized carbons (Fsp3) is 0.300. The molecular weight excluding hydrogens is 397 g/mol. The number of hydrogen-bond acceptors (Lipinski definition) is 4. The normalized spacial score (nSPS) is 15.8. The minimum Gasteiger partial charge on any atom is -0.325 e. The maximum absolute atomic E-state index is 13.4. The van der Waals surface area contributed by atoms with Gasteiger partial charge in [-0.3, -0.25) is 9.59 Å². The molecule has 0 aliphatic carbocycles. The van der Waals surface area contributed by atoms with E-state index in [-0.39, 0.29) is 36.2 Å². The summed E-state index contributed by atoms with van der Waals surface area (Å²) in [5.41, 5.74) is 1.18. The minimum atomic E-state index is -3.74. The van der Waals surface area contributed by atoms with Gasteiger partial charge in [-0.25, -0.2) is 12.8 Å². The van der Waals surface area contributed by atoms with Crippen LogP contribution in [0.15, 0.2) is 53.4 Å². The summed E-state index contributed by atoms with van der Waals surface area (Å²) in [6.45, 7) is 3.16. The SMILES string of the molecule is CC(=O)c1ccc(NC(=O)C[NH+]2CCN(S(=O)(=O)c3cccc(F)c3)CC2)cc1. The van der Waals surface area contributed by atoms with E-state index < -0.39 is 15.8 Å². The molecule has 0 radical (unpaired) electrons. The Balaban J connectivity index is 1.53. The molecule has 0 unspecified atom stereocenters. The lowest BCUT2D eigenvalue weighted by atomic mass is 10.1. The monoisotopic (exact) mass is 420 g/mol. The van der Waals surface area contributed by atoms with Gasteiger partial charge in [0.1, 0.15) is 5.82 Å². The molecule has 1 amide bonds. The Kier molecular flexibility index (Phi) is 6.41. The molecule has 1 saturated heterocycles. The Morgan fingerprint density at radius 2 is 1.76 bits per heavy atom. The second kappa shape index (κ2) is 8.81. The smallest absolute Gasteiger partial charge is 0.279 e. The number of ketones is 1. The molecule has 29 heavy (non-hydrogen) atoms. The lowest BCUT2D eigenvalue weighted by Gasteiger charge is -2.31. The average molecular weight is 420 g/mol. The molecule has 154 valence electrons. The van der Waals surface area contributed by atoms with Crippen LogP contribution in [0, 0.1) is 5.82 Å². The van der Waals surface area contributed by atoms with Crippen molar-refractivity contribution < 1.29 is 27.3 Å². The van der Waals surface area contributed by atoms with Crippen LogP contribution in [-0.4, -0.2) is 57.1 Å². The molecule has 0 bridgehead atoms. The molecule has 1 aliphatic rings. The van der Waals surface area contributed by atoms with Gasteiger partial charge in [0, 0.05) is 11.3 Å². The molecule has 2 aromatic carbocycles. The maximum atomic E-state index is 13.4. The summed E-state index contributed by atoms with van der Waals surface area (Å²) >= 11 is 0. The summed E-state index contributed by atoms with van der Waals surface area (Å²) in [4.78, 5) is 24.5. The summed E-state index contributed by atoms with van der Waals surface area (Å²) in [6, 6.07) is 11.6. The van der Waals surface area contributed by atoms with Gasteiger partial charge in [-0.05, 0) is 49.4 Å². The van der Waals surface area contributed by atoms with Gasteiger partial charge < -0.3 is 10.2 Å². The van der Waals surface area contributed by atoms with Gasteiger partial charge in [0.15, 0.2) is 12.3 Å². The molecule has 2 aromatic rings. The van der Waals surface area contributed by atoms with Crippen LogP contribution < -0.4 is 10.2 Å². The van der Waals surface area contributed by atoms with Gasteiger partial charge in [0.25, 0.3) is 5.91 Å². The molecule has 0 saturated carbocycles. The lowest BCUT2D eigenvalue weighted by molar-refractivity contribution is -0.895. The summed E-state index contributed by atoms with van der Waals surface area (Å²) in [5.74, 6) is -0.821. The van der Waals surface area contributed by atoms with Crippen LogP contribution >= 0.6 is 0 Å². The second-order valence-corrected chi connectivity index (χ2v) is 8.91. The topological polar surface area (TPSA) is 88.0 Å². The number of carbonyl (C=O) groups excluding carboxylic acids is 2. The zero-order chi connectivity index (χ0) is 21.0. The summed E-state index contributed by atoms with van der Waals surface area (Å²) in [7, 11) is -3.74. The van der Waals surface area contributed by atoms with E-state index in [0.717, 1.165) is 11.0 Å². The van der Waals surface area contributed by atoms with E-state index in [0.29, 0.717) is 24.3 Å². The van der Waals surface area contributed by atoms with E-state index in [4.69, 9.17) is 0 Å². The van der Waals surface area contributed by atoms with Gasteiger partial charge in [0.2, 0.25) is 10.0 Å². The zero-order valence-electron chi connectivity index (χ0n) is 16.0. The van der Waals surface area contributed by atoms with Crippen molar-refractivity contribution in [1.29, 1.82) is 0 Å². The molecular formula is C20H23FN3O4S+. The van der Waals surface area contributed by atoms with Crippen LogP contribution in [0.1, 0.15) is 17.3 Å². The number of quaternary nitrogens is 1. The fourth-order valence-electron chi connectivity index (χ4n) is 3.22. The number of amides is 1. The molecule has 0 spiro atoms. The predicted molar refractivity (Wildman–Crippen MR) is 106 cm³/mol. The van der Waals surface area contributed by atoms with E-state index in [1.165, 1.54) is 29.4 Å². The highest BCUT2D eigenvalue weighted by Crippen LogP contribution is 2.16.